The van der Waals surface area contributed by atoms with E-state index >= 15 is 0 Å². The van der Waals surface area contributed by atoms with E-state index in [4.69, 9.17) is 16.3 Å². The van der Waals surface area contributed by atoms with Gasteiger partial charge in [-0.15, -0.1) is 0 Å². The first-order valence-corrected chi connectivity index (χ1v) is 7.26. The number of halogens is 1. The molecule has 1 atom stereocenters. The van der Waals surface area contributed by atoms with E-state index in [9.17, 15) is 4.79 Å². The molecule has 0 heterocycles. The predicted octanol–water partition coefficient (Wildman–Crippen LogP) is 4.44. The van der Waals surface area contributed by atoms with Crippen LogP contribution in [0.25, 0.3) is 0 Å². The van der Waals surface area contributed by atoms with Crippen LogP contribution in [0.3, 0.4) is 0 Å². The van der Waals surface area contributed by atoms with E-state index in [1.807, 2.05) is 50.2 Å². The molecule has 0 aliphatic heterocycles. The van der Waals surface area contributed by atoms with Crippen LogP contribution >= 0.6 is 11.6 Å². The highest BCUT2D eigenvalue weighted by Crippen LogP contribution is 2.20. The summed E-state index contributed by atoms with van der Waals surface area (Å²) in [7, 11) is 0. The summed E-state index contributed by atoms with van der Waals surface area (Å²) in [6.07, 6.45) is 0.0652. The molecule has 1 unspecified atom stereocenters. The van der Waals surface area contributed by atoms with Crippen molar-refractivity contribution in [1.82, 2.24) is 0 Å². The molecule has 1 amide bonds. The molecule has 0 saturated heterocycles. The quantitative estimate of drug-likeness (QED) is 0.886. The van der Waals surface area contributed by atoms with Gasteiger partial charge in [0.05, 0.1) is 0 Å². The van der Waals surface area contributed by atoms with E-state index < -0.39 is 6.10 Å². The molecule has 0 spiro atoms. The second kappa shape index (κ2) is 7.14. The van der Waals surface area contributed by atoms with Gasteiger partial charge in [-0.3, -0.25) is 4.79 Å². The second-order valence-corrected chi connectivity index (χ2v) is 5.21. The summed E-state index contributed by atoms with van der Waals surface area (Å²) < 4.78 is 5.72. The van der Waals surface area contributed by atoms with Gasteiger partial charge in [0, 0.05) is 10.7 Å². The molecule has 2 rings (SSSR count). The molecule has 3 nitrogen and oxygen atoms in total. The van der Waals surface area contributed by atoms with Crippen LogP contribution in [0.4, 0.5) is 5.69 Å². The molecule has 0 radical (unpaired) electrons. The third-order valence-corrected chi connectivity index (χ3v) is 3.37. The van der Waals surface area contributed by atoms with Crippen molar-refractivity contribution in [2.75, 3.05) is 5.32 Å². The molecule has 4 heteroatoms. The van der Waals surface area contributed by atoms with Gasteiger partial charge in [-0.2, -0.15) is 0 Å². The first kappa shape index (κ1) is 15.4. The molecule has 21 heavy (non-hydrogen) atoms. The second-order valence-electron chi connectivity index (χ2n) is 4.78. The van der Waals surface area contributed by atoms with E-state index in [1.54, 1.807) is 12.1 Å². The van der Waals surface area contributed by atoms with Crippen LogP contribution in [0.1, 0.15) is 18.9 Å². The van der Waals surface area contributed by atoms with Crippen LogP contribution in [0.15, 0.2) is 48.5 Å². The van der Waals surface area contributed by atoms with Gasteiger partial charge in [0.25, 0.3) is 5.91 Å². The highest BCUT2D eigenvalue weighted by molar-refractivity contribution is 6.30. The zero-order chi connectivity index (χ0) is 15.2. The summed E-state index contributed by atoms with van der Waals surface area (Å²) in [5.74, 6) is 0.527. The van der Waals surface area contributed by atoms with Gasteiger partial charge in [-0.1, -0.05) is 36.7 Å². The van der Waals surface area contributed by atoms with Crippen LogP contribution in [0.2, 0.25) is 5.02 Å². The Bertz CT molecular complexity index is 613. The van der Waals surface area contributed by atoms with Gasteiger partial charge >= 0.3 is 0 Å². The molecule has 2 aromatic carbocycles. The Hall–Kier alpha value is -2.00. The molecule has 0 aromatic heterocycles. The van der Waals surface area contributed by atoms with E-state index in [0.717, 1.165) is 11.3 Å². The number of nitrogens with one attached hydrogen (secondary N) is 1. The Balaban J connectivity index is 2.06. The van der Waals surface area contributed by atoms with Crippen molar-refractivity contribution in [1.29, 1.82) is 0 Å². The third kappa shape index (κ3) is 4.23. The fourth-order valence-corrected chi connectivity index (χ4v) is 2.19. The maximum Gasteiger partial charge on any atom is 0.265 e. The largest absolute Gasteiger partial charge is 0.481 e. The normalized spacial score (nSPS) is 11.8. The minimum absolute atomic E-state index is 0.160. The first-order valence-electron chi connectivity index (χ1n) is 6.89. The Morgan fingerprint density at radius 1 is 1.24 bits per heavy atom. The average Bonchev–Trinajstić information content (AvgIpc) is 2.48. The molecule has 0 aliphatic carbocycles. The molecular formula is C17H18ClNO2. The van der Waals surface area contributed by atoms with Crippen LogP contribution in [0, 0.1) is 6.92 Å². The highest BCUT2D eigenvalue weighted by atomic mass is 35.5. The number of carbonyl (C=O) groups is 1. The lowest BCUT2D eigenvalue weighted by atomic mass is 10.2. The van der Waals surface area contributed by atoms with Gasteiger partial charge in [0.1, 0.15) is 5.75 Å². The number of hydrogen-bond acceptors (Lipinski definition) is 2. The van der Waals surface area contributed by atoms with Crippen molar-refractivity contribution in [2.24, 2.45) is 0 Å². The standard InChI is InChI=1S/C17H18ClNO2/c1-3-16(21-14-7-5-4-6-8-14)17(20)19-15-10-9-13(18)11-12(15)2/h4-11,16H,3H2,1-2H3,(H,19,20). The van der Waals surface area contributed by atoms with E-state index in [2.05, 4.69) is 5.32 Å². The Morgan fingerprint density at radius 2 is 1.95 bits per heavy atom. The average molecular weight is 304 g/mol. The van der Waals surface area contributed by atoms with Crippen molar-refractivity contribution in [3.05, 3.63) is 59.1 Å². The van der Waals surface area contributed by atoms with Crippen LogP contribution < -0.4 is 10.1 Å². The van der Waals surface area contributed by atoms with Crippen molar-refractivity contribution >= 4 is 23.2 Å². The number of benzene rings is 2. The van der Waals surface area contributed by atoms with Crippen LogP contribution in [-0.2, 0) is 4.79 Å². The molecule has 1 N–H and O–H groups in total. The lowest BCUT2D eigenvalue weighted by Gasteiger charge is -2.18. The van der Waals surface area contributed by atoms with E-state index in [0.29, 0.717) is 17.2 Å². The minimum Gasteiger partial charge on any atom is -0.481 e. The van der Waals surface area contributed by atoms with E-state index in [1.165, 1.54) is 0 Å². The summed E-state index contributed by atoms with van der Waals surface area (Å²) in [4.78, 5) is 12.3. The Morgan fingerprint density at radius 3 is 2.57 bits per heavy atom. The Kier molecular flexibility index (Phi) is 5.23. The molecular weight excluding hydrogens is 286 g/mol. The zero-order valence-corrected chi connectivity index (χ0v) is 12.9. The smallest absolute Gasteiger partial charge is 0.265 e. The zero-order valence-electron chi connectivity index (χ0n) is 12.1. The van der Waals surface area contributed by atoms with Crippen LogP contribution in [-0.4, -0.2) is 12.0 Å². The number of amides is 1. The lowest BCUT2D eigenvalue weighted by molar-refractivity contribution is -0.122. The lowest BCUT2D eigenvalue weighted by Crippen LogP contribution is -2.32. The van der Waals surface area contributed by atoms with Gasteiger partial charge in [0.2, 0.25) is 0 Å². The van der Waals surface area contributed by atoms with Gasteiger partial charge in [-0.05, 0) is 49.2 Å². The summed E-state index contributed by atoms with van der Waals surface area (Å²) in [5, 5.41) is 3.54. The summed E-state index contributed by atoms with van der Waals surface area (Å²) in [6, 6.07) is 14.7. The molecule has 0 fully saturated rings. The van der Waals surface area contributed by atoms with Crippen molar-refractivity contribution in [2.45, 2.75) is 26.4 Å². The fraction of sp³-hybridized carbons (Fsp3) is 0.235. The maximum atomic E-state index is 12.3. The first-order chi connectivity index (χ1) is 10.1. The summed E-state index contributed by atoms with van der Waals surface area (Å²) >= 11 is 5.91. The minimum atomic E-state index is -0.525. The van der Waals surface area contributed by atoms with Gasteiger partial charge in [-0.25, -0.2) is 0 Å². The molecule has 2 aromatic rings. The number of anilines is 1. The van der Waals surface area contributed by atoms with Gasteiger partial charge < -0.3 is 10.1 Å². The number of para-hydroxylation sites is 1. The number of hydrogen-bond donors (Lipinski definition) is 1. The number of ether oxygens (including phenoxy) is 1. The van der Waals surface area contributed by atoms with Crippen molar-refractivity contribution in [3.63, 3.8) is 0 Å². The Labute approximate surface area is 129 Å². The van der Waals surface area contributed by atoms with Crippen LogP contribution in [0.5, 0.6) is 5.75 Å². The summed E-state index contributed by atoms with van der Waals surface area (Å²) in [5.41, 5.74) is 1.67. The number of rotatable bonds is 5. The monoisotopic (exact) mass is 303 g/mol. The third-order valence-electron chi connectivity index (χ3n) is 3.13. The van der Waals surface area contributed by atoms with Crippen molar-refractivity contribution < 1.29 is 9.53 Å². The van der Waals surface area contributed by atoms with E-state index in [-0.39, 0.29) is 5.91 Å². The van der Waals surface area contributed by atoms with Crippen molar-refractivity contribution in [3.8, 4) is 5.75 Å². The fourth-order valence-electron chi connectivity index (χ4n) is 1.97. The summed E-state index contributed by atoms with van der Waals surface area (Å²) in [6.45, 7) is 3.82. The molecule has 0 bridgehead atoms. The molecule has 0 aliphatic rings. The molecule has 0 saturated carbocycles. The highest BCUT2D eigenvalue weighted by Gasteiger charge is 2.19. The topological polar surface area (TPSA) is 38.3 Å². The number of aryl methyl sites for hydroxylation is 1. The maximum absolute atomic E-state index is 12.3. The number of carbonyl (C=O) groups excluding carboxylic acids is 1. The predicted molar refractivity (Wildman–Crippen MR) is 86.0 cm³/mol. The van der Waals surface area contributed by atoms with Gasteiger partial charge in [0.15, 0.2) is 6.10 Å². The SMILES string of the molecule is CCC(Oc1ccccc1)C(=O)Nc1ccc(Cl)cc1C. The molecule has 110 valence electrons.